The van der Waals surface area contributed by atoms with E-state index >= 15 is 0 Å². The van der Waals surface area contributed by atoms with Crippen LogP contribution in [0.25, 0.3) is 0 Å². The highest BCUT2D eigenvalue weighted by atomic mass is 14.2. The van der Waals surface area contributed by atoms with Crippen LogP contribution in [-0.4, -0.2) is 0 Å². The summed E-state index contributed by atoms with van der Waals surface area (Å²) in [4.78, 5) is 0. The molecule has 2 aliphatic rings. The minimum atomic E-state index is 0.604. The molecule has 0 aliphatic heterocycles. The standard InChI is InChI=1S/C12H14/c1-9-3-5-12-8-10(2)4-6-11(12)7-9/h3-6,8,10-11H,1,7H2,2H3. The molecular weight excluding hydrogens is 144 g/mol. The largest absolute Gasteiger partial charge is 0.0958 e. The third-order valence-electron chi connectivity index (χ3n) is 2.52. The summed E-state index contributed by atoms with van der Waals surface area (Å²) in [5.41, 5.74) is 2.72. The van der Waals surface area contributed by atoms with Gasteiger partial charge in [0.1, 0.15) is 0 Å². The van der Waals surface area contributed by atoms with Crippen molar-refractivity contribution in [2.45, 2.75) is 13.3 Å². The molecular formula is C12H14. The lowest BCUT2D eigenvalue weighted by molar-refractivity contribution is 0.715. The molecule has 2 aliphatic carbocycles. The molecule has 0 fully saturated rings. The molecule has 12 heavy (non-hydrogen) atoms. The summed E-state index contributed by atoms with van der Waals surface area (Å²) in [5, 5.41) is 0. The van der Waals surface area contributed by atoms with Crippen LogP contribution in [-0.2, 0) is 0 Å². The van der Waals surface area contributed by atoms with Crippen LogP contribution in [0, 0.1) is 11.8 Å². The highest BCUT2D eigenvalue weighted by Crippen LogP contribution is 2.31. The number of hydrogen-bond acceptors (Lipinski definition) is 0. The van der Waals surface area contributed by atoms with Gasteiger partial charge in [-0.15, -0.1) is 0 Å². The van der Waals surface area contributed by atoms with Gasteiger partial charge in [0.2, 0.25) is 0 Å². The van der Waals surface area contributed by atoms with Gasteiger partial charge >= 0.3 is 0 Å². The van der Waals surface area contributed by atoms with Crippen LogP contribution < -0.4 is 0 Å². The molecule has 0 nitrogen and oxygen atoms in total. The molecule has 0 aromatic heterocycles. The summed E-state index contributed by atoms with van der Waals surface area (Å²) in [5.74, 6) is 1.21. The maximum atomic E-state index is 3.98. The molecule has 0 heteroatoms. The number of fused-ring (bicyclic) bond motifs is 1. The molecule has 0 saturated heterocycles. The molecule has 0 saturated carbocycles. The van der Waals surface area contributed by atoms with E-state index in [4.69, 9.17) is 0 Å². The van der Waals surface area contributed by atoms with Crippen molar-refractivity contribution in [1.29, 1.82) is 0 Å². The van der Waals surface area contributed by atoms with E-state index in [0.29, 0.717) is 11.8 Å². The van der Waals surface area contributed by atoms with Gasteiger partial charge in [0, 0.05) is 5.92 Å². The lowest BCUT2D eigenvalue weighted by Crippen LogP contribution is -2.09. The zero-order chi connectivity index (χ0) is 8.55. The van der Waals surface area contributed by atoms with Crippen molar-refractivity contribution in [3.05, 3.63) is 48.1 Å². The van der Waals surface area contributed by atoms with Crippen LogP contribution >= 0.6 is 0 Å². The first-order valence-corrected chi connectivity index (χ1v) is 4.51. The Bertz CT molecular complexity index is 289. The maximum Gasteiger partial charge on any atom is 0.00554 e. The minimum Gasteiger partial charge on any atom is -0.0958 e. The highest BCUT2D eigenvalue weighted by molar-refractivity contribution is 5.39. The second-order valence-electron chi connectivity index (χ2n) is 3.71. The van der Waals surface area contributed by atoms with E-state index in [1.807, 2.05) is 0 Å². The van der Waals surface area contributed by atoms with Crippen molar-refractivity contribution in [2.75, 3.05) is 0 Å². The van der Waals surface area contributed by atoms with Crippen molar-refractivity contribution in [2.24, 2.45) is 11.8 Å². The van der Waals surface area contributed by atoms with Crippen molar-refractivity contribution in [3.8, 4) is 0 Å². The minimum absolute atomic E-state index is 0.604. The Morgan fingerprint density at radius 3 is 3.00 bits per heavy atom. The lowest BCUT2D eigenvalue weighted by Gasteiger charge is -2.23. The van der Waals surface area contributed by atoms with E-state index in [0.717, 1.165) is 6.42 Å². The summed E-state index contributed by atoms with van der Waals surface area (Å²) in [6, 6.07) is 0. The second kappa shape index (κ2) is 2.78. The van der Waals surface area contributed by atoms with Crippen LogP contribution in [0.3, 0.4) is 0 Å². The SMILES string of the molecule is C=C1C=CC2=CC(C)C=CC2C1. The van der Waals surface area contributed by atoms with E-state index in [-0.39, 0.29) is 0 Å². The molecule has 0 N–H and O–H groups in total. The Hall–Kier alpha value is -1.04. The molecule has 0 aromatic rings. The van der Waals surface area contributed by atoms with Gasteiger partial charge in [0.15, 0.2) is 0 Å². The fourth-order valence-electron chi connectivity index (χ4n) is 1.83. The fourth-order valence-corrected chi connectivity index (χ4v) is 1.83. The summed E-state index contributed by atoms with van der Waals surface area (Å²) in [6.07, 6.45) is 12.4. The first-order valence-electron chi connectivity index (χ1n) is 4.51. The van der Waals surface area contributed by atoms with Gasteiger partial charge in [-0.3, -0.25) is 0 Å². The second-order valence-corrected chi connectivity index (χ2v) is 3.71. The first-order chi connectivity index (χ1) is 5.75. The Morgan fingerprint density at radius 1 is 1.33 bits per heavy atom. The van der Waals surface area contributed by atoms with E-state index in [9.17, 15) is 0 Å². The van der Waals surface area contributed by atoms with Gasteiger partial charge in [-0.25, -0.2) is 0 Å². The van der Waals surface area contributed by atoms with E-state index in [2.05, 4.69) is 43.9 Å². The average molecular weight is 158 g/mol. The predicted molar refractivity (Wildman–Crippen MR) is 52.8 cm³/mol. The molecule has 0 aromatic carbocycles. The number of hydrogen-bond donors (Lipinski definition) is 0. The quantitative estimate of drug-likeness (QED) is 0.475. The maximum absolute atomic E-state index is 3.98. The molecule has 0 radical (unpaired) electrons. The van der Waals surface area contributed by atoms with Gasteiger partial charge in [-0.2, -0.15) is 0 Å². The fraction of sp³-hybridized carbons (Fsp3) is 0.333. The van der Waals surface area contributed by atoms with Crippen LogP contribution in [0.4, 0.5) is 0 Å². The van der Waals surface area contributed by atoms with Crippen LogP contribution in [0.15, 0.2) is 48.1 Å². The van der Waals surface area contributed by atoms with Gasteiger partial charge in [0.05, 0.1) is 0 Å². The Morgan fingerprint density at radius 2 is 2.17 bits per heavy atom. The molecule has 2 rings (SSSR count). The third kappa shape index (κ3) is 1.29. The Balaban J connectivity index is 2.31. The molecule has 62 valence electrons. The van der Waals surface area contributed by atoms with E-state index < -0.39 is 0 Å². The smallest absolute Gasteiger partial charge is 0.00554 e. The molecule has 2 atom stereocenters. The first kappa shape index (κ1) is 7.60. The van der Waals surface area contributed by atoms with Gasteiger partial charge in [0.25, 0.3) is 0 Å². The Labute approximate surface area is 74.0 Å². The zero-order valence-electron chi connectivity index (χ0n) is 7.46. The van der Waals surface area contributed by atoms with Crippen LogP contribution in [0.5, 0.6) is 0 Å². The summed E-state index contributed by atoms with van der Waals surface area (Å²) >= 11 is 0. The van der Waals surface area contributed by atoms with Gasteiger partial charge in [-0.1, -0.05) is 49.5 Å². The monoisotopic (exact) mass is 158 g/mol. The van der Waals surface area contributed by atoms with Crippen molar-refractivity contribution >= 4 is 0 Å². The van der Waals surface area contributed by atoms with Crippen LogP contribution in [0.2, 0.25) is 0 Å². The molecule has 0 spiro atoms. The molecule has 0 bridgehead atoms. The zero-order valence-corrected chi connectivity index (χ0v) is 7.46. The average Bonchev–Trinajstić information content (AvgIpc) is 2.05. The van der Waals surface area contributed by atoms with Crippen molar-refractivity contribution < 1.29 is 0 Å². The van der Waals surface area contributed by atoms with Crippen molar-refractivity contribution in [3.63, 3.8) is 0 Å². The van der Waals surface area contributed by atoms with Crippen LogP contribution in [0.1, 0.15) is 13.3 Å². The lowest BCUT2D eigenvalue weighted by atomic mass is 9.81. The number of allylic oxidation sites excluding steroid dienone is 7. The summed E-state index contributed by atoms with van der Waals surface area (Å²) in [6.45, 7) is 6.20. The molecule has 0 heterocycles. The predicted octanol–water partition coefficient (Wildman–Crippen LogP) is 3.25. The molecule has 0 amide bonds. The number of rotatable bonds is 0. The van der Waals surface area contributed by atoms with Crippen molar-refractivity contribution in [1.82, 2.24) is 0 Å². The summed E-state index contributed by atoms with van der Waals surface area (Å²) < 4.78 is 0. The Kier molecular flexibility index (Phi) is 1.76. The topological polar surface area (TPSA) is 0 Å². The van der Waals surface area contributed by atoms with E-state index in [1.165, 1.54) is 11.1 Å². The van der Waals surface area contributed by atoms with E-state index in [1.54, 1.807) is 0 Å². The molecule has 2 unspecified atom stereocenters. The summed E-state index contributed by atoms with van der Waals surface area (Å²) in [7, 11) is 0. The highest BCUT2D eigenvalue weighted by Gasteiger charge is 2.17. The normalized spacial score (nSPS) is 33.1. The third-order valence-corrected chi connectivity index (χ3v) is 2.52. The van der Waals surface area contributed by atoms with Gasteiger partial charge in [-0.05, 0) is 17.9 Å². The van der Waals surface area contributed by atoms with Gasteiger partial charge < -0.3 is 0 Å².